The minimum Gasteiger partial charge on any atom is -0.480 e. The predicted molar refractivity (Wildman–Crippen MR) is 155 cm³/mol. The van der Waals surface area contributed by atoms with Crippen LogP contribution in [0.1, 0.15) is 40.5 Å². The number of amides is 2. The van der Waals surface area contributed by atoms with Gasteiger partial charge in [-0.2, -0.15) is 0 Å². The SMILES string of the molecule is CC(C)(CNC(=O)CCC(ON)C(=O)O)COCC(C)(C)CNC(=O)CN1CCN(CC(=O)O)CCN(CC(=O)O)CC1. The molecule has 248 valence electrons. The molecule has 7 N–H and O–H groups in total. The van der Waals surface area contributed by atoms with Crippen LogP contribution in [0.15, 0.2) is 0 Å². The van der Waals surface area contributed by atoms with Gasteiger partial charge < -0.3 is 30.7 Å². The van der Waals surface area contributed by atoms with Crippen LogP contribution in [0.25, 0.3) is 0 Å². The van der Waals surface area contributed by atoms with E-state index in [0.29, 0.717) is 65.6 Å². The van der Waals surface area contributed by atoms with Crippen molar-refractivity contribution in [1.29, 1.82) is 0 Å². The van der Waals surface area contributed by atoms with Crippen molar-refractivity contribution in [3.05, 3.63) is 0 Å². The Labute approximate surface area is 252 Å². The molecule has 0 radical (unpaired) electrons. The summed E-state index contributed by atoms with van der Waals surface area (Å²) < 4.78 is 5.92. The molecule has 1 aliphatic heterocycles. The highest BCUT2D eigenvalue weighted by atomic mass is 16.6. The van der Waals surface area contributed by atoms with Crippen molar-refractivity contribution in [2.24, 2.45) is 16.7 Å². The summed E-state index contributed by atoms with van der Waals surface area (Å²) >= 11 is 0. The molecular formula is C27H50N6O10. The maximum atomic E-state index is 12.8. The number of carboxylic acids is 3. The third kappa shape index (κ3) is 17.7. The fourth-order valence-corrected chi connectivity index (χ4v) is 4.28. The number of nitrogens with zero attached hydrogens (tertiary/aromatic N) is 3. The van der Waals surface area contributed by atoms with Crippen LogP contribution in [0.3, 0.4) is 0 Å². The Kier molecular flexibility index (Phi) is 16.6. The number of nitrogens with one attached hydrogen (secondary N) is 2. The zero-order valence-electron chi connectivity index (χ0n) is 25.8. The van der Waals surface area contributed by atoms with E-state index >= 15 is 0 Å². The van der Waals surface area contributed by atoms with Crippen LogP contribution >= 0.6 is 0 Å². The molecule has 2 amide bonds. The second kappa shape index (κ2) is 18.7. The van der Waals surface area contributed by atoms with E-state index < -0.39 is 34.8 Å². The number of ether oxygens (including phenoxy) is 1. The summed E-state index contributed by atoms with van der Waals surface area (Å²) in [5.41, 5.74) is -0.799. The maximum Gasteiger partial charge on any atom is 0.334 e. The van der Waals surface area contributed by atoms with Crippen molar-refractivity contribution in [3.63, 3.8) is 0 Å². The molecule has 0 spiro atoms. The lowest BCUT2D eigenvalue weighted by atomic mass is 9.93. The second-order valence-electron chi connectivity index (χ2n) is 12.5. The molecule has 16 nitrogen and oxygen atoms in total. The number of hydrogen-bond donors (Lipinski definition) is 6. The summed E-state index contributed by atoms with van der Waals surface area (Å²) in [5, 5.41) is 33.0. The molecule has 0 aliphatic carbocycles. The zero-order chi connectivity index (χ0) is 32.6. The van der Waals surface area contributed by atoms with Crippen molar-refractivity contribution >= 4 is 29.7 Å². The summed E-state index contributed by atoms with van der Waals surface area (Å²) in [4.78, 5) is 68.0. The number of carbonyl (C=O) groups is 5. The summed E-state index contributed by atoms with van der Waals surface area (Å²) in [6, 6.07) is 0. The molecule has 1 aliphatic rings. The van der Waals surface area contributed by atoms with Crippen LogP contribution in [0.5, 0.6) is 0 Å². The van der Waals surface area contributed by atoms with Gasteiger partial charge in [-0.05, 0) is 6.42 Å². The van der Waals surface area contributed by atoms with Crippen LogP contribution in [0.2, 0.25) is 0 Å². The molecule has 0 bridgehead atoms. The average molecular weight is 619 g/mol. The summed E-state index contributed by atoms with van der Waals surface area (Å²) in [5.74, 6) is 1.26. The molecule has 1 unspecified atom stereocenters. The summed E-state index contributed by atoms with van der Waals surface area (Å²) in [7, 11) is 0. The number of aliphatic carboxylic acids is 3. The van der Waals surface area contributed by atoms with Gasteiger partial charge in [0, 0.05) is 69.6 Å². The molecule has 1 saturated heterocycles. The van der Waals surface area contributed by atoms with Crippen molar-refractivity contribution in [2.45, 2.75) is 46.6 Å². The van der Waals surface area contributed by atoms with Crippen molar-refractivity contribution in [2.75, 3.05) is 85.2 Å². The Balaban J connectivity index is 2.49. The Bertz CT molecular complexity index is 904. The number of nitrogens with two attached hydrogens (primary N) is 1. The Morgan fingerprint density at radius 1 is 0.721 bits per heavy atom. The van der Waals surface area contributed by atoms with E-state index in [1.807, 2.05) is 32.6 Å². The van der Waals surface area contributed by atoms with E-state index in [1.54, 1.807) is 9.80 Å². The highest BCUT2D eigenvalue weighted by molar-refractivity contribution is 5.78. The van der Waals surface area contributed by atoms with Crippen molar-refractivity contribution < 1.29 is 48.9 Å². The fraction of sp³-hybridized carbons (Fsp3) is 0.815. The average Bonchev–Trinajstić information content (AvgIpc) is 2.97. The molecule has 1 heterocycles. The first-order chi connectivity index (χ1) is 20.0. The van der Waals surface area contributed by atoms with E-state index in [-0.39, 0.29) is 44.3 Å². The largest absolute Gasteiger partial charge is 0.480 e. The first-order valence-corrected chi connectivity index (χ1v) is 14.3. The summed E-state index contributed by atoms with van der Waals surface area (Å²) in [6.45, 7) is 11.6. The number of rotatable bonds is 19. The molecule has 1 rings (SSSR count). The van der Waals surface area contributed by atoms with Gasteiger partial charge in [-0.15, -0.1) is 0 Å². The highest BCUT2D eigenvalue weighted by Gasteiger charge is 2.26. The van der Waals surface area contributed by atoms with Gasteiger partial charge in [0.15, 0.2) is 6.10 Å². The van der Waals surface area contributed by atoms with Crippen LogP contribution in [-0.2, 0) is 33.5 Å². The van der Waals surface area contributed by atoms with Crippen LogP contribution < -0.4 is 16.5 Å². The molecule has 1 fully saturated rings. The number of carboxylic acid groups (broad SMARTS) is 3. The Morgan fingerprint density at radius 3 is 1.49 bits per heavy atom. The van der Waals surface area contributed by atoms with Gasteiger partial charge in [0.25, 0.3) is 0 Å². The molecule has 1 atom stereocenters. The van der Waals surface area contributed by atoms with Crippen LogP contribution in [0.4, 0.5) is 0 Å². The standard InChI is InChI=1S/C27H50N6O10/c1-26(2,16-29-21(34)6-5-20(43-28)25(40)41)18-42-19-27(3,4)17-30-22(35)13-31-7-9-32(14-23(36)37)11-12-33(10-8-31)15-24(38)39/h20H,5-19,28H2,1-4H3,(H,29,34)(H,30,35)(H,36,37)(H,38,39)(H,40,41). The van der Waals surface area contributed by atoms with Crippen molar-refractivity contribution in [3.8, 4) is 0 Å². The van der Waals surface area contributed by atoms with Gasteiger partial charge >= 0.3 is 17.9 Å². The fourth-order valence-electron chi connectivity index (χ4n) is 4.28. The van der Waals surface area contributed by atoms with Gasteiger partial charge in [-0.1, -0.05) is 27.7 Å². The van der Waals surface area contributed by atoms with E-state index in [2.05, 4.69) is 15.5 Å². The topological polar surface area (TPSA) is 224 Å². The lowest BCUT2D eigenvalue weighted by molar-refractivity contribution is -0.151. The Morgan fingerprint density at radius 2 is 1.12 bits per heavy atom. The monoisotopic (exact) mass is 618 g/mol. The lowest BCUT2D eigenvalue weighted by Crippen LogP contribution is -2.45. The van der Waals surface area contributed by atoms with Crippen LogP contribution in [-0.4, -0.2) is 151 Å². The van der Waals surface area contributed by atoms with Gasteiger partial charge in [0.1, 0.15) is 0 Å². The molecule has 43 heavy (non-hydrogen) atoms. The van der Waals surface area contributed by atoms with Crippen molar-refractivity contribution in [1.82, 2.24) is 25.3 Å². The quantitative estimate of drug-likeness (QED) is 0.0907. The van der Waals surface area contributed by atoms with Gasteiger partial charge in [-0.25, -0.2) is 10.7 Å². The van der Waals surface area contributed by atoms with E-state index in [4.69, 9.17) is 15.7 Å². The maximum absolute atomic E-state index is 12.8. The minimum atomic E-state index is -1.24. The first kappa shape index (κ1) is 38.1. The van der Waals surface area contributed by atoms with Crippen LogP contribution in [0, 0.1) is 10.8 Å². The molecule has 0 aromatic rings. The molecule has 16 heteroatoms. The third-order valence-electron chi connectivity index (χ3n) is 6.87. The van der Waals surface area contributed by atoms with Gasteiger partial charge in [-0.3, -0.25) is 38.7 Å². The smallest absolute Gasteiger partial charge is 0.334 e. The molecule has 0 aromatic carbocycles. The molecular weight excluding hydrogens is 568 g/mol. The molecule has 0 saturated carbocycles. The van der Waals surface area contributed by atoms with Gasteiger partial charge in [0.05, 0.1) is 32.8 Å². The minimum absolute atomic E-state index is 0.0431. The number of hydrogen-bond acceptors (Lipinski definition) is 11. The van der Waals surface area contributed by atoms with E-state index in [0.717, 1.165) is 0 Å². The predicted octanol–water partition coefficient (Wildman–Crippen LogP) is -1.50. The second-order valence-corrected chi connectivity index (χ2v) is 12.5. The Hall–Kier alpha value is -2.89. The van der Waals surface area contributed by atoms with E-state index in [9.17, 15) is 34.2 Å². The normalized spacial score (nSPS) is 16.9. The molecule has 0 aromatic heterocycles. The lowest BCUT2D eigenvalue weighted by Gasteiger charge is -2.30. The summed E-state index contributed by atoms with van der Waals surface area (Å²) in [6.07, 6.45) is -1.33. The zero-order valence-corrected chi connectivity index (χ0v) is 25.8. The third-order valence-corrected chi connectivity index (χ3v) is 6.87. The number of carbonyl (C=O) groups excluding carboxylic acids is 2. The first-order valence-electron chi connectivity index (χ1n) is 14.3. The van der Waals surface area contributed by atoms with E-state index in [1.165, 1.54) is 0 Å². The highest BCUT2D eigenvalue weighted by Crippen LogP contribution is 2.19. The van der Waals surface area contributed by atoms with Gasteiger partial charge in [0.2, 0.25) is 11.8 Å².